The minimum atomic E-state index is -0.453. The fourth-order valence-electron chi connectivity index (χ4n) is 3.79. The molecule has 1 amide bonds. The highest BCUT2D eigenvalue weighted by Crippen LogP contribution is 2.29. The van der Waals surface area contributed by atoms with E-state index < -0.39 is 10.8 Å². The minimum Gasteiger partial charge on any atom is -0.494 e. The predicted octanol–water partition coefficient (Wildman–Crippen LogP) is 5.55. The molecule has 10 nitrogen and oxygen atoms in total. The van der Waals surface area contributed by atoms with Gasteiger partial charge in [0.2, 0.25) is 0 Å². The molecule has 0 saturated carbocycles. The van der Waals surface area contributed by atoms with Crippen molar-refractivity contribution in [2.24, 2.45) is 0 Å². The molecular weight excluding hydrogens is 462 g/mol. The van der Waals surface area contributed by atoms with Gasteiger partial charge in [0.25, 0.3) is 11.6 Å². The van der Waals surface area contributed by atoms with Gasteiger partial charge >= 0.3 is 0 Å². The zero-order valence-corrected chi connectivity index (χ0v) is 19.5. The van der Waals surface area contributed by atoms with E-state index in [0.29, 0.717) is 40.2 Å². The van der Waals surface area contributed by atoms with E-state index in [4.69, 9.17) is 9.15 Å². The summed E-state index contributed by atoms with van der Waals surface area (Å²) in [5.41, 5.74) is 3.95. The van der Waals surface area contributed by atoms with Gasteiger partial charge in [0.15, 0.2) is 5.76 Å². The smallest absolute Gasteiger partial charge is 0.291 e. The zero-order chi connectivity index (χ0) is 25.2. The van der Waals surface area contributed by atoms with Crippen molar-refractivity contribution in [3.05, 3.63) is 94.2 Å². The number of hydrogen-bond donors (Lipinski definition) is 1. The Kier molecular flexibility index (Phi) is 5.91. The van der Waals surface area contributed by atoms with Gasteiger partial charge in [0.05, 0.1) is 17.2 Å². The van der Waals surface area contributed by atoms with Crippen LogP contribution in [0.1, 0.15) is 23.0 Å². The fourth-order valence-corrected chi connectivity index (χ4v) is 3.79. The summed E-state index contributed by atoms with van der Waals surface area (Å²) in [5.74, 6) is 0.897. The van der Waals surface area contributed by atoms with E-state index in [9.17, 15) is 14.9 Å². The Morgan fingerprint density at radius 3 is 2.53 bits per heavy atom. The molecule has 0 aliphatic rings. The Bertz CT molecular complexity index is 1590. The topological polar surface area (TPSA) is 125 Å². The van der Waals surface area contributed by atoms with E-state index >= 15 is 0 Å². The first kappa shape index (κ1) is 22.8. The van der Waals surface area contributed by atoms with Crippen LogP contribution in [0, 0.1) is 17.0 Å². The SMILES string of the molecule is CCOc1ccc(-n2nc3ccc(NC(=O)c4ccc(-c5ccc([N+](=O)[O-])cc5C)o4)cc3n2)cc1. The molecule has 0 aliphatic carbocycles. The van der Waals surface area contributed by atoms with E-state index in [1.165, 1.54) is 16.9 Å². The summed E-state index contributed by atoms with van der Waals surface area (Å²) in [4.78, 5) is 24.8. The van der Waals surface area contributed by atoms with Crippen LogP contribution in [0.4, 0.5) is 11.4 Å². The number of nitrogens with one attached hydrogen (secondary N) is 1. The average Bonchev–Trinajstić information content (AvgIpc) is 3.52. The van der Waals surface area contributed by atoms with Gasteiger partial charge in [-0.3, -0.25) is 14.9 Å². The summed E-state index contributed by atoms with van der Waals surface area (Å²) in [6.07, 6.45) is 0. The molecule has 0 saturated heterocycles. The number of anilines is 1. The van der Waals surface area contributed by atoms with Crippen LogP contribution in [0.5, 0.6) is 5.75 Å². The number of fused-ring (bicyclic) bond motifs is 1. The van der Waals surface area contributed by atoms with E-state index in [2.05, 4.69) is 15.5 Å². The molecular formula is C26H21N5O5. The van der Waals surface area contributed by atoms with E-state index in [-0.39, 0.29) is 11.4 Å². The van der Waals surface area contributed by atoms with E-state index in [0.717, 1.165) is 11.4 Å². The second kappa shape index (κ2) is 9.34. The third-order valence-corrected chi connectivity index (χ3v) is 5.53. The summed E-state index contributed by atoms with van der Waals surface area (Å²) < 4.78 is 11.2. The Hall–Kier alpha value is -4.99. The predicted molar refractivity (Wildman–Crippen MR) is 134 cm³/mol. The van der Waals surface area contributed by atoms with Crippen molar-refractivity contribution in [2.75, 3.05) is 11.9 Å². The maximum atomic E-state index is 12.8. The van der Waals surface area contributed by atoms with Crippen molar-refractivity contribution in [1.29, 1.82) is 0 Å². The summed E-state index contributed by atoms with van der Waals surface area (Å²) in [7, 11) is 0. The molecule has 0 bridgehead atoms. The molecule has 36 heavy (non-hydrogen) atoms. The third-order valence-electron chi connectivity index (χ3n) is 5.53. The van der Waals surface area contributed by atoms with E-state index in [1.807, 2.05) is 31.2 Å². The highest BCUT2D eigenvalue weighted by molar-refractivity contribution is 6.03. The molecule has 0 atom stereocenters. The van der Waals surface area contributed by atoms with Crippen LogP contribution < -0.4 is 10.1 Å². The first-order valence-electron chi connectivity index (χ1n) is 11.2. The van der Waals surface area contributed by atoms with Crippen LogP contribution in [-0.4, -0.2) is 32.4 Å². The maximum absolute atomic E-state index is 12.8. The van der Waals surface area contributed by atoms with Crippen molar-refractivity contribution >= 4 is 28.3 Å². The molecule has 0 radical (unpaired) electrons. The lowest BCUT2D eigenvalue weighted by molar-refractivity contribution is -0.384. The number of hydrogen-bond acceptors (Lipinski definition) is 7. The third kappa shape index (κ3) is 4.51. The lowest BCUT2D eigenvalue weighted by Crippen LogP contribution is -2.10. The Morgan fingerprint density at radius 1 is 1.03 bits per heavy atom. The lowest BCUT2D eigenvalue weighted by Gasteiger charge is -2.04. The highest BCUT2D eigenvalue weighted by Gasteiger charge is 2.16. The number of aryl methyl sites for hydroxylation is 1. The minimum absolute atomic E-state index is 0.00405. The zero-order valence-electron chi connectivity index (χ0n) is 19.5. The van der Waals surface area contributed by atoms with Crippen LogP contribution in [0.3, 0.4) is 0 Å². The monoisotopic (exact) mass is 483 g/mol. The van der Waals surface area contributed by atoms with Gasteiger partial charge in [-0.2, -0.15) is 4.80 Å². The maximum Gasteiger partial charge on any atom is 0.291 e. The number of furan rings is 1. The van der Waals surface area contributed by atoms with Gasteiger partial charge in [-0.15, -0.1) is 10.2 Å². The molecule has 1 N–H and O–H groups in total. The van der Waals surface area contributed by atoms with Crippen LogP contribution in [-0.2, 0) is 0 Å². The Morgan fingerprint density at radius 2 is 1.81 bits per heavy atom. The number of carbonyl (C=O) groups is 1. The number of carbonyl (C=O) groups excluding carboxylic acids is 1. The summed E-state index contributed by atoms with van der Waals surface area (Å²) in [6.45, 7) is 4.27. The largest absolute Gasteiger partial charge is 0.494 e. The molecule has 0 aliphatic heterocycles. The molecule has 0 unspecified atom stereocenters. The van der Waals surface area contributed by atoms with Gasteiger partial charge in [0.1, 0.15) is 22.5 Å². The van der Waals surface area contributed by atoms with Crippen LogP contribution in [0.15, 0.2) is 77.2 Å². The fraction of sp³-hybridized carbons (Fsp3) is 0.115. The number of ether oxygens (including phenoxy) is 1. The van der Waals surface area contributed by atoms with Gasteiger partial charge < -0.3 is 14.5 Å². The standard InChI is InChI=1S/C26H21N5O5/c1-3-35-20-8-5-18(6-9-20)30-28-22-11-4-17(15-23(22)29-30)27-26(32)25-13-12-24(36-25)21-10-7-19(31(33)34)14-16(21)2/h4-15H,3H2,1-2H3,(H,27,32). The number of nitrogens with zero attached hydrogens (tertiary/aromatic N) is 4. The number of amides is 1. The summed E-state index contributed by atoms with van der Waals surface area (Å²) >= 11 is 0. The molecule has 2 heterocycles. The van der Waals surface area contributed by atoms with Crippen LogP contribution in [0.2, 0.25) is 0 Å². The Labute approximate surface area is 205 Å². The van der Waals surface area contributed by atoms with Crippen molar-refractivity contribution in [3.8, 4) is 22.8 Å². The van der Waals surface area contributed by atoms with Crippen molar-refractivity contribution < 1.29 is 18.9 Å². The van der Waals surface area contributed by atoms with Gasteiger partial charge in [-0.1, -0.05) is 0 Å². The van der Waals surface area contributed by atoms with Gasteiger partial charge in [0, 0.05) is 23.4 Å². The number of nitro benzene ring substituents is 1. The summed E-state index contributed by atoms with van der Waals surface area (Å²) in [6, 6.07) is 20.4. The number of aromatic nitrogens is 3. The number of non-ortho nitro benzene ring substituents is 1. The van der Waals surface area contributed by atoms with Crippen LogP contribution >= 0.6 is 0 Å². The van der Waals surface area contributed by atoms with Gasteiger partial charge in [-0.25, -0.2) is 0 Å². The average molecular weight is 483 g/mol. The number of nitro groups is 1. The molecule has 180 valence electrons. The molecule has 10 heteroatoms. The first-order valence-corrected chi connectivity index (χ1v) is 11.2. The lowest BCUT2D eigenvalue weighted by atomic mass is 10.1. The molecule has 5 aromatic rings. The van der Waals surface area contributed by atoms with Gasteiger partial charge in [-0.05, 0) is 80.1 Å². The highest BCUT2D eigenvalue weighted by atomic mass is 16.6. The van der Waals surface area contributed by atoms with Crippen molar-refractivity contribution in [3.63, 3.8) is 0 Å². The molecule has 2 aromatic heterocycles. The van der Waals surface area contributed by atoms with Crippen molar-refractivity contribution in [2.45, 2.75) is 13.8 Å². The molecule has 0 spiro atoms. The first-order chi connectivity index (χ1) is 17.4. The molecule has 0 fully saturated rings. The quantitative estimate of drug-likeness (QED) is 0.238. The summed E-state index contributed by atoms with van der Waals surface area (Å²) in [5, 5.41) is 22.8. The van der Waals surface area contributed by atoms with Crippen LogP contribution in [0.25, 0.3) is 28.0 Å². The second-order valence-electron chi connectivity index (χ2n) is 7.99. The van der Waals surface area contributed by atoms with E-state index in [1.54, 1.807) is 43.3 Å². The molecule has 5 rings (SSSR count). The number of rotatable bonds is 7. The van der Waals surface area contributed by atoms with Crippen molar-refractivity contribution in [1.82, 2.24) is 15.0 Å². The molecule has 3 aromatic carbocycles. The Balaban J connectivity index is 1.33. The normalized spacial score (nSPS) is 10.9. The number of benzene rings is 3. The second-order valence-corrected chi connectivity index (χ2v) is 7.99.